The van der Waals surface area contributed by atoms with Crippen molar-refractivity contribution in [3.63, 3.8) is 0 Å². The fourth-order valence-corrected chi connectivity index (χ4v) is 3.85. The van der Waals surface area contributed by atoms with Gasteiger partial charge >= 0.3 is 0 Å². The molecule has 0 aliphatic carbocycles. The molecule has 7 heteroatoms. The molecule has 0 saturated carbocycles. The van der Waals surface area contributed by atoms with E-state index in [4.69, 9.17) is 9.72 Å². The van der Waals surface area contributed by atoms with Gasteiger partial charge in [0, 0.05) is 42.8 Å². The van der Waals surface area contributed by atoms with Crippen LogP contribution < -0.4 is 20.9 Å². The largest absolute Gasteiger partial charge is 0.387 e. The lowest BCUT2D eigenvalue weighted by atomic mass is 10.1. The summed E-state index contributed by atoms with van der Waals surface area (Å²) in [5, 5.41) is 10.2. The highest BCUT2D eigenvalue weighted by molar-refractivity contribution is 5.73. The molecule has 1 fully saturated rings. The fourth-order valence-electron chi connectivity index (χ4n) is 3.85. The zero-order chi connectivity index (χ0) is 21.0. The van der Waals surface area contributed by atoms with E-state index in [9.17, 15) is 0 Å². The smallest absolute Gasteiger partial charge is 0.138 e. The van der Waals surface area contributed by atoms with Gasteiger partial charge in [-0.15, -0.1) is 0 Å². The van der Waals surface area contributed by atoms with E-state index in [1.54, 1.807) is 6.20 Å². The molecule has 158 valence electrons. The number of rotatable bonds is 5. The highest BCUT2D eigenvalue weighted by Crippen LogP contribution is 2.30. The van der Waals surface area contributed by atoms with Gasteiger partial charge in [0.05, 0.1) is 13.2 Å². The topological polar surface area (TPSA) is 74.3 Å². The number of anilines is 5. The van der Waals surface area contributed by atoms with Crippen molar-refractivity contribution in [3.05, 3.63) is 71.6 Å². The van der Waals surface area contributed by atoms with E-state index in [0.29, 0.717) is 0 Å². The van der Waals surface area contributed by atoms with Gasteiger partial charge in [-0.2, -0.15) is 0 Å². The van der Waals surface area contributed by atoms with Crippen LogP contribution in [0.5, 0.6) is 0 Å². The minimum atomic E-state index is 0.732. The Balaban J connectivity index is 1.41. The van der Waals surface area contributed by atoms with Crippen LogP contribution in [-0.4, -0.2) is 36.3 Å². The quantitative estimate of drug-likeness (QED) is 0.578. The highest BCUT2D eigenvalue weighted by atomic mass is 16.5. The monoisotopic (exact) mass is 414 g/mol. The number of fused-ring (bicyclic) bond motifs is 1. The van der Waals surface area contributed by atoms with Gasteiger partial charge < -0.3 is 25.6 Å². The lowest BCUT2D eigenvalue weighted by molar-refractivity contribution is 0.122. The SMILES string of the molecule is Cc1cccnc1Nc1cc2c(c(Nc3ccc(N4CCOCC4)cc3)n1)CNC=C2. The first kappa shape index (κ1) is 19.4. The number of nitrogens with zero attached hydrogens (tertiary/aromatic N) is 3. The molecule has 3 aromatic rings. The molecule has 0 radical (unpaired) electrons. The first-order valence-electron chi connectivity index (χ1n) is 10.6. The Bertz CT molecular complexity index is 1090. The molecule has 2 aliphatic rings. The summed E-state index contributed by atoms with van der Waals surface area (Å²) in [5.74, 6) is 2.41. The van der Waals surface area contributed by atoms with Gasteiger partial charge in [-0.05, 0) is 66.7 Å². The number of aryl methyl sites for hydroxylation is 1. The Morgan fingerprint density at radius 2 is 1.87 bits per heavy atom. The van der Waals surface area contributed by atoms with Gasteiger partial charge in [0.2, 0.25) is 0 Å². The van der Waals surface area contributed by atoms with E-state index in [-0.39, 0.29) is 0 Å². The normalized spacial score (nSPS) is 15.2. The summed E-state index contributed by atoms with van der Waals surface area (Å²) in [6.07, 6.45) is 5.83. The minimum absolute atomic E-state index is 0.732. The molecule has 0 unspecified atom stereocenters. The highest BCUT2D eigenvalue weighted by Gasteiger charge is 2.15. The predicted molar refractivity (Wildman–Crippen MR) is 125 cm³/mol. The summed E-state index contributed by atoms with van der Waals surface area (Å²) in [6, 6.07) is 14.5. The van der Waals surface area contributed by atoms with E-state index in [2.05, 4.69) is 62.2 Å². The van der Waals surface area contributed by atoms with E-state index in [1.807, 2.05) is 25.3 Å². The molecule has 4 heterocycles. The molecular formula is C24H26N6O. The molecule has 0 spiro atoms. The van der Waals surface area contributed by atoms with Gasteiger partial charge in [0.15, 0.2) is 0 Å². The second-order valence-electron chi connectivity index (χ2n) is 7.70. The van der Waals surface area contributed by atoms with E-state index >= 15 is 0 Å². The van der Waals surface area contributed by atoms with Crippen molar-refractivity contribution >= 4 is 34.9 Å². The number of ether oxygens (including phenoxy) is 1. The lowest BCUT2D eigenvalue weighted by Crippen LogP contribution is -2.36. The maximum atomic E-state index is 5.45. The number of nitrogens with one attached hydrogen (secondary N) is 3. The molecule has 2 aliphatic heterocycles. The number of benzene rings is 1. The zero-order valence-corrected chi connectivity index (χ0v) is 17.6. The van der Waals surface area contributed by atoms with Gasteiger partial charge in [-0.25, -0.2) is 9.97 Å². The van der Waals surface area contributed by atoms with Crippen LogP contribution in [0.4, 0.5) is 28.8 Å². The van der Waals surface area contributed by atoms with Crippen molar-refractivity contribution in [2.75, 3.05) is 41.8 Å². The van der Waals surface area contributed by atoms with Gasteiger partial charge in [0.25, 0.3) is 0 Å². The maximum Gasteiger partial charge on any atom is 0.138 e. The molecule has 0 bridgehead atoms. The number of morpholine rings is 1. The van der Waals surface area contributed by atoms with Crippen molar-refractivity contribution in [3.8, 4) is 0 Å². The third kappa shape index (κ3) is 4.32. The molecule has 2 aromatic heterocycles. The standard InChI is InChI=1S/C24H26N6O/c1-17-3-2-9-26-23(17)28-22-15-18-8-10-25-16-21(18)24(29-22)27-19-4-6-20(7-5-19)30-11-13-31-14-12-30/h2-10,15,25H,11-14,16H2,1H3,(H2,26,27,28,29). The Morgan fingerprint density at radius 3 is 2.68 bits per heavy atom. The second kappa shape index (κ2) is 8.65. The Kier molecular flexibility index (Phi) is 5.41. The summed E-state index contributed by atoms with van der Waals surface area (Å²) in [4.78, 5) is 11.7. The summed E-state index contributed by atoms with van der Waals surface area (Å²) in [6.45, 7) is 6.20. The molecular weight excluding hydrogens is 388 g/mol. The minimum Gasteiger partial charge on any atom is -0.387 e. The molecule has 5 rings (SSSR count). The Morgan fingerprint density at radius 1 is 1.03 bits per heavy atom. The first-order valence-corrected chi connectivity index (χ1v) is 10.6. The van der Waals surface area contributed by atoms with Crippen LogP contribution in [-0.2, 0) is 11.3 Å². The average Bonchev–Trinajstić information content (AvgIpc) is 2.82. The number of hydrogen-bond donors (Lipinski definition) is 3. The molecule has 1 aromatic carbocycles. The Labute approximate surface area is 182 Å². The van der Waals surface area contributed by atoms with Crippen molar-refractivity contribution < 1.29 is 4.74 Å². The summed E-state index contributed by atoms with van der Waals surface area (Å²) in [5.41, 5.74) is 5.58. The Hall–Kier alpha value is -3.58. The molecule has 7 nitrogen and oxygen atoms in total. The van der Waals surface area contributed by atoms with Gasteiger partial charge in [-0.3, -0.25) is 0 Å². The van der Waals surface area contributed by atoms with Crippen LogP contribution in [0.15, 0.2) is 54.9 Å². The zero-order valence-electron chi connectivity index (χ0n) is 17.6. The van der Waals surface area contributed by atoms with E-state index < -0.39 is 0 Å². The molecule has 0 amide bonds. The fraction of sp³-hybridized carbons (Fsp3) is 0.250. The second-order valence-corrected chi connectivity index (χ2v) is 7.70. The molecule has 3 N–H and O–H groups in total. The van der Waals surface area contributed by atoms with Gasteiger partial charge in [-0.1, -0.05) is 6.07 Å². The third-order valence-corrected chi connectivity index (χ3v) is 5.58. The summed E-state index contributed by atoms with van der Waals surface area (Å²) in [7, 11) is 0. The van der Waals surface area contributed by atoms with Crippen LogP contribution in [0.2, 0.25) is 0 Å². The lowest BCUT2D eigenvalue weighted by Gasteiger charge is -2.29. The van der Waals surface area contributed by atoms with Crippen molar-refractivity contribution in [2.45, 2.75) is 13.5 Å². The predicted octanol–water partition coefficient (Wildman–Crippen LogP) is 4.18. The van der Waals surface area contributed by atoms with Crippen LogP contribution in [0.25, 0.3) is 6.08 Å². The average molecular weight is 415 g/mol. The number of hydrogen-bond acceptors (Lipinski definition) is 7. The molecule has 1 saturated heterocycles. The van der Waals surface area contributed by atoms with Crippen molar-refractivity contribution in [1.82, 2.24) is 15.3 Å². The van der Waals surface area contributed by atoms with E-state index in [1.165, 1.54) is 5.69 Å². The van der Waals surface area contributed by atoms with Gasteiger partial charge in [0.1, 0.15) is 17.5 Å². The number of aromatic nitrogens is 2. The maximum absolute atomic E-state index is 5.45. The number of pyridine rings is 2. The summed E-state index contributed by atoms with van der Waals surface area (Å²) >= 11 is 0. The van der Waals surface area contributed by atoms with Crippen molar-refractivity contribution in [2.24, 2.45) is 0 Å². The van der Waals surface area contributed by atoms with Crippen LogP contribution in [0.1, 0.15) is 16.7 Å². The van der Waals surface area contributed by atoms with Crippen LogP contribution in [0, 0.1) is 6.92 Å². The van der Waals surface area contributed by atoms with E-state index in [0.717, 1.165) is 72.7 Å². The third-order valence-electron chi connectivity index (χ3n) is 5.58. The molecule has 0 atom stereocenters. The van der Waals surface area contributed by atoms with Crippen LogP contribution in [0.3, 0.4) is 0 Å². The molecule has 31 heavy (non-hydrogen) atoms. The summed E-state index contributed by atoms with van der Waals surface area (Å²) < 4.78 is 5.45. The first-order chi connectivity index (χ1) is 15.3. The van der Waals surface area contributed by atoms with Crippen molar-refractivity contribution in [1.29, 1.82) is 0 Å². The van der Waals surface area contributed by atoms with Crippen LogP contribution >= 0.6 is 0 Å².